The number of aldehydes is 1. The fourth-order valence-electron chi connectivity index (χ4n) is 4.84. The Morgan fingerprint density at radius 2 is 1.42 bits per heavy atom. The van der Waals surface area contributed by atoms with Crippen LogP contribution in [0.25, 0.3) is 0 Å². The van der Waals surface area contributed by atoms with Crippen LogP contribution in [0.2, 0.25) is 0 Å². The molecule has 6 N–H and O–H groups in total. The third-order valence-electron chi connectivity index (χ3n) is 7.36. The summed E-state index contributed by atoms with van der Waals surface area (Å²) in [7, 11) is 2.17. The summed E-state index contributed by atoms with van der Waals surface area (Å²) in [4.78, 5) is 49.8. The smallest absolute Gasteiger partial charge is 0.251 e. The Morgan fingerprint density at radius 1 is 0.840 bits per heavy atom. The van der Waals surface area contributed by atoms with E-state index in [2.05, 4.69) is 36.4 Å². The van der Waals surface area contributed by atoms with Gasteiger partial charge >= 0.3 is 0 Å². The molecule has 0 heterocycles. The minimum atomic E-state index is -1.38. The van der Waals surface area contributed by atoms with Crippen LogP contribution in [-0.4, -0.2) is 84.1 Å². The van der Waals surface area contributed by atoms with Crippen LogP contribution in [0.5, 0.6) is 0 Å². The second-order valence-corrected chi connectivity index (χ2v) is 11.9. The number of carbonyl (C=O) groups is 4. The Bertz CT molecular complexity index is 1430. The molecule has 0 aliphatic heterocycles. The molecule has 0 radical (unpaired) electrons. The van der Waals surface area contributed by atoms with Crippen molar-refractivity contribution in [3.63, 3.8) is 0 Å². The molecule has 0 aliphatic carbocycles. The van der Waals surface area contributed by atoms with E-state index in [1.807, 2.05) is 6.92 Å². The van der Waals surface area contributed by atoms with Crippen molar-refractivity contribution in [1.82, 2.24) is 15.5 Å². The number of nitrogens with one attached hydrogen (secondary N) is 2. The summed E-state index contributed by atoms with van der Waals surface area (Å²) in [5.41, 5.74) is 6.36. The number of primary amides is 1. The van der Waals surface area contributed by atoms with Crippen molar-refractivity contribution in [2.45, 2.75) is 78.0 Å². The van der Waals surface area contributed by atoms with Crippen molar-refractivity contribution in [2.24, 2.45) is 5.73 Å². The fourth-order valence-corrected chi connectivity index (χ4v) is 4.84. The molecule has 3 amide bonds. The quantitative estimate of drug-likeness (QED) is 0.131. The van der Waals surface area contributed by atoms with Gasteiger partial charge in [-0.2, -0.15) is 0 Å². The predicted octanol–water partition coefficient (Wildman–Crippen LogP) is 5.05. The zero-order valence-corrected chi connectivity index (χ0v) is 29.6. The van der Waals surface area contributed by atoms with Gasteiger partial charge in [0.1, 0.15) is 24.0 Å². The molecule has 0 aliphatic rings. The number of unbranched alkanes of at least 4 members (excludes halogenated alkanes) is 1. The largest absolute Gasteiger partial charge is 0.388 e. The Morgan fingerprint density at radius 3 is 1.92 bits per heavy atom. The van der Waals surface area contributed by atoms with E-state index in [1.165, 1.54) is 56.3 Å². The number of halogens is 2. The van der Waals surface area contributed by atoms with E-state index in [9.17, 15) is 38.2 Å². The highest BCUT2D eigenvalue weighted by Gasteiger charge is 2.28. The fraction of sp³-hybridized carbons (Fsp3) is 0.421. The van der Waals surface area contributed by atoms with E-state index in [1.54, 1.807) is 37.3 Å². The molecule has 3 unspecified atom stereocenters. The molecule has 274 valence electrons. The lowest BCUT2D eigenvalue weighted by molar-refractivity contribution is -0.00399. The van der Waals surface area contributed by atoms with Gasteiger partial charge in [-0.1, -0.05) is 51.8 Å². The molecular formula is C38H52F2N4O6. The van der Waals surface area contributed by atoms with Crippen molar-refractivity contribution >= 4 is 24.0 Å². The maximum atomic E-state index is 12.5. The zero-order chi connectivity index (χ0) is 37.6. The number of hydrogen-bond acceptors (Lipinski definition) is 7. The summed E-state index contributed by atoms with van der Waals surface area (Å²) < 4.78 is 24.4. The van der Waals surface area contributed by atoms with Gasteiger partial charge in [-0.3, -0.25) is 19.2 Å². The standard InChI is InChI=1S/C24H29N3O6.C7H6F2.C7H17N/c1-2-3-9-19(27-24(33)16-7-5-4-6-8-16)21(30)20(29)13-26-23(32)18-11-15(14-28)10-17(12-18)22(25)31;1-5-2-6(8)4-7(9)3-5;1-4-6-8(3)7-5-2/h4-8,10-12,14,19-21,29-30H,2-3,9,13H2,1H3,(H2,25,31)(H,26,32)(H,27,33);2-4H,1H3;4-7H2,1-3H3. The molecule has 50 heavy (non-hydrogen) atoms. The molecule has 0 spiro atoms. The monoisotopic (exact) mass is 698 g/mol. The maximum absolute atomic E-state index is 12.5. The highest BCUT2D eigenvalue weighted by molar-refractivity contribution is 6.01. The van der Waals surface area contributed by atoms with Crippen LogP contribution in [0.15, 0.2) is 66.7 Å². The van der Waals surface area contributed by atoms with Crippen molar-refractivity contribution < 1.29 is 38.2 Å². The Hall–Kier alpha value is -4.52. The number of nitrogens with two attached hydrogens (primary N) is 1. The van der Waals surface area contributed by atoms with Gasteiger partial charge in [0, 0.05) is 34.9 Å². The number of nitrogens with zero attached hydrogens (tertiary/aromatic N) is 1. The SMILES string of the molecule is CCCCC(NC(=O)c1ccccc1)C(O)C(O)CNC(=O)c1cc(C=O)cc(C(N)=O)c1.CCCN(C)CCC.Cc1cc(F)cc(F)c1. The van der Waals surface area contributed by atoms with Crippen LogP contribution in [0.1, 0.15) is 99.9 Å². The van der Waals surface area contributed by atoms with Crippen LogP contribution in [0.3, 0.4) is 0 Å². The summed E-state index contributed by atoms with van der Waals surface area (Å²) >= 11 is 0. The van der Waals surface area contributed by atoms with E-state index in [4.69, 9.17) is 5.73 Å². The first-order valence-corrected chi connectivity index (χ1v) is 16.8. The number of benzene rings is 3. The van der Waals surface area contributed by atoms with Crippen LogP contribution >= 0.6 is 0 Å². The topological polar surface area (TPSA) is 162 Å². The molecule has 3 rings (SSSR count). The first kappa shape index (κ1) is 43.5. The van der Waals surface area contributed by atoms with E-state index in [-0.39, 0.29) is 29.1 Å². The van der Waals surface area contributed by atoms with Gasteiger partial charge in [-0.05, 0) is 94.4 Å². The van der Waals surface area contributed by atoms with Crippen molar-refractivity contribution in [1.29, 1.82) is 0 Å². The zero-order valence-electron chi connectivity index (χ0n) is 29.6. The van der Waals surface area contributed by atoms with Gasteiger partial charge in [0.15, 0.2) is 0 Å². The molecule has 3 aromatic rings. The van der Waals surface area contributed by atoms with Gasteiger partial charge in [-0.15, -0.1) is 0 Å². The predicted molar refractivity (Wildman–Crippen MR) is 191 cm³/mol. The normalized spacial score (nSPS) is 12.3. The van der Waals surface area contributed by atoms with Gasteiger partial charge in [-0.25, -0.2) is 8.78 Å². The average Bonchev–Trinajstić information content (AvgIpc) is 3.08. The maximum Gasteiger partial charge on any atom is 0.251 e. The highest BCUT2D eigenvalue weighted by Crippen LogP contribution is 2.12. The minimum Gasteiger partial charge on any atom is -0.388 e. The summed E-state index contributed by atoms with van der Waals surface area (Å²) in [5, 5.41) is 26.3. The van der Waals surface area contributed by atoms with Crippen LogP contribution in [0, 0.1) is 18.6 Å². The molecule has 0 aromatic heterocycles. The second-order valence-electron chi connectivity index (χ2n) is 11.9. The summed E-state index contributed by atoms with van der Waals surface area (Å²) in [5.74, 6) is -2.88. The minimum absolute atomic E-state index is 0.00594. The number of carbonyl (C=O) groups excluding carboxylic acids is 4. The molecule has 0 bridgehead atoms. The van der Waals surface area contributed by atoms with E-state index in [0.29, 0.717) is 30.3 Å². The van der Waals surface area contributed by atoms with Crippen molar-refractivity contribution in [3.8, 4) is 0 Å². The first-order chi connectivity index (χ1) is 23.8. The number of aryl methyl sites for hydroxylation is 1. The summed E-state index contributed by atoms with van der Waals surface area (Å²) in [6.45, 7) is 10.2. The Balaban J connectivity index is 0.000000597. The number of amides is 3. The Kier molecular flexibility index (Phi) is 20.7. The Labute approximate surface area is 294 Å². The third kappa shape index (κ3) is 16.7. The number of rotatable bonds is 16. The number of aliphatic hydroxyl groups is 2. The molecule has 3 aromatic carbocycles. The number of hydrogen-bond donors (Lipinski definition) is 5. The lowest BCUT2D eigenvalue weighted by atomic mass is 9.99. The molecule has 12 heteroatoms. The molecule has 0 saturated heterocycles. The van der Waals surface area contributed by atoms with Crippen LogP contribution in [0.4, 0.5) is 8.78 Å². The highest BCUT2D eigenvalue weighted by atomic mass is 19.1. The lowest BCUT2D eigenvalue weighted by Crippen LogP contribution is -2.51. The second kappa shape index (κ2) is 23.8. The van der Waals surface area contributed by atoms with Gasteiger partial charge in [0.25, 0.3) is 11.8 Å². The average molecular weight is 699 g/mol. The van der Waals surface area contributed by atoms with E-state index < -0.39 is 41.7 Å². The molecule has 0 saturated carbocycles. The van der Waals surface area contributed by atoms with Crippen LogP contribution in [-0.2, 0) is 0 Å². The van der Waals surface area contributed by atoms with Gasteiger partial charge in [0.2, 0.25) is 5.91 Å². The van der Waals surface area contributed by atoms with Gasteiger partial charge < -0.3 is 31.5 Å². The van der Waals surface area contributed by atoms with Gasteiger partial charge in [0.05, 0.1) is 12.1 Å². The van der Waals surface area contributed by atoms with E-state index >= 15 is 0 Å². The molecule has 10 nitrogen and oxygen atoms in total. The number of aliphatic hydroxyl groups excluding tert-OH is 2. The third-order valence-corrected chi connectivity index (χ3v) is 7.36. The van der Waals surface area contributed by atoms with Crippen molar-refractivity contribution in [2.75, 3.05) is 26.7 Å². The molecule has 3 atom stereocenters. The molecule has 0 fully saturated rings. The van der Waals surface area contributed by atoms with Crippen molar-refractivity contribution in [3.05, 3.63) is 106 Å². The summed E-state index contributed by atoms with van der Waals surface area (Å²) in [6.07, 6.45) is 2.29. The lowest BCUT2D eigenvalue weighted by Gasteiger charge is -2.28. The summed E-state index contributed by atoms with van der Waals surface area (Å²) in [6, 6.07) is 15.0. The van der Waals surface area contributed by atoms with Crippen LogP contribution < -0.4 is 16.4 Å². The first-order valence-electron chi connectivity index (χ1n) is 16.8. The molecular weight excluding hydrogens is 646 g/mol. The van der Waals surface area contributed by atoms with E-state index in [0.717, 1.165) is 12.5 Å².